The zero-order chi connectivity index (χ0) is 16.8. The second-order valence-electron chi connectivity index (χ2n) is 6.39. The molecule has 2 unspecified atom stereocenters. The number of carbonyl (C=O) groups is 2. The van der Waals surface area contributed by atoms with Crippen LogP contribution >= 0.6 is 0 Å². The summed E-state index contributed by atoms with van der Waals surface area (Å²) in [5.41, 5.74) is 8.54. The third kappa shape index (κ3) is 5.06. The van der Waals surface area contributed by atoms with Gasteiger partial charge in [-0.2, -0.15) is 0 Å². The summed E-state index contributed by atoms with van der Waals surface area (Å²) >= 11 is 0. The largest absolute Gasteiger partial charge is 0.327 e. The van der Waals surface area contributed by atoms with E-state index in [4.69, 9.17) is 5.73 Å². The Hall–Kier alpha value is -1.88. The predicted octanol–water partition coefficient (Wildman–Crippen LogP) is 3.19. The summed E-state index contributed by atoms with van der Waals surface area (Å²) in [6.45, 7) is 3.74. The molecule has 5 heteroatoms. The smallest absolute Gasteiger partial charge is 0.224 e. The number of nitrogens with one attached hydrogen (secondary N) is 2. The summed E-state index contributed by atoms with van der Waals surface area (Å²) in [4.78, 5) is 23.8. The van der Waals surface area contributed by atoms with E-state index in [2.05, 4.69) is 10.6 Å². The Kier molecular flexibility index (Phi) is 6.16. The first kappa shape index (κ1) is 17.5. The van der Waals surface area contributed by atoms with Gasteiger partial charge in [-0.05, 0) is 43.4 Å². The van der Waals surface area contributed by atoms with Crippen LogP contribution in [0.4, 0.5) is 11.4 Å². The lowest BCUT2D eigenvalue weighted by Crippen LogP contribution is -2.35. The molecule has 1 saturated carbocycles. The average Bonchev–Trinajstić information content (AvgIpc) is 2.52. The Morgan fingerprint density at radius 1 is 1.17 bits per heavy atom. The minimum absolute atomic E-state index is 0.00517. The Morgan fingerprint density at radius 2 is 1.91 bits per heavy atom. The first-order valence-electron chi connectivity index (χ1n) is 8.45. The molecule has 1 aliphatic rings. The fourth-order valence-electron chi connectivity index (χ4n) is 3.01. The van der Waals surface area contributed by atoms with E-state index >= 15 is 0 Å². The highest BCUT2D eigenvalue weighted by atomic mass is 16.2. The van der Waals surface area contributed by atoms with E-state index in [0.29, 0.717) is 18.5 Å². The van der Waals surface area contributed by atoms with Gasteiger partial charge in [-0.1, -0.05) is 25.8 Å². The number of aryl methyl sites for hydroxylation is 1. The van der Waals surface area contributed by atoms with Crippen molar-refractivity contribution < 1.29 is 9.59 Å². The minimum Gasteiger partial charge on any atom is -0.327 e. The molecule has 0 bridgehead atoms. The second-order valence-corrected chi connectivity index (χ2v) is 6.39. The van der Waals surface area contributed by atoms with E-state index in [1.165, 1.54) is 0 Å². The standard InChI is InChI=1S/C18H27N3O2/c1-3-17(22)20-14-9-8-12(2)16(11-14)21-18(23)10-13-6-4-5-7-15(13)19/h8-9,11,13,15H,3-7,10,19H2,1-2H3,(H,20,22)(H,21,23). The fraction of sp³-hybridized carbons (Fsp3) is 0.556. The van der Waals surface area contributed by atoms with Crippen molar-refractivity contribution in [3.05, 3.63) is 23.8 Å². The lowest BCUT2D eigenvalue weighted by molar-refractivity contribution is -0.117. The van der Waals surface area contributed by atoms with E-state index in [9.17, 15) is 9.59 Å². The maximum Gasteiger partial charge on any atom is 0.224 e. The molecule has 0 heterocycles. The average molecular weight is 317 g/mol. The monoisotopic (exact) mass is 317 g/mol. The molecular weight excluding hydrogens is 290 g/mol. The first-order chi connectivity index (χ1) is 11.0. The number of benzene rings is 1. The lowest BCUT2D eigenvalue weighted by atomic mass is 9.83. The number of carbonyl (C=O) groups excluding carboxylic acids is 2. The lowest BCUT2D eigenvalue weighted by Gasteiger charge is -2.28. The highest BCUT2D eigenvalue weighted by Gasteiger charge is 2.24. The van der Waals surface area contributed by atoms with Gasteiger partial charge in [0.1, 0.15) is 0 Å². The quantitative estimate of drug-likeness (QED) is 0.779. The molecule has 1 fully saturated rings. The van der Waals surface area contributed by atoms with Crippen molar-refractivity contribution in [1.29, 1.82) is 0 Å². The molecule has 0 aromatic heterocycles. The molecule has 2 rings (SSSR count). The summed E-state index contributed by atoms with van der Waals surface area (Å²) in [6.07, 6.45) is 5.25. The highest BCUT2D eigenvalue weighted by molar-refractivity contribution is 5.94. The molecule has 4 N–H and O–H groups in total. The van der Waals surface area contributed by atoms with Crippen LogP contribution < -0.4 is 16.4 Å². The Balaban J connectivity index is 1.99. The van der Waals surface area contributed by atoms with Crippen molar-refractivity contribution in [2.75, 3.05) is 10.6 Å². The molecule has 1 aromatic carbocycles. The molecule has 0 saturated heterocycles. The van der Waals surface area contributed by atoms with Crippen LogP contribution in [-0.2, 0) is 9.59 Å². The van der Waals surface area contributed by atoms with Crippen molar-refractivity contribution in [3.8, 4) is 0 Å². The number of anilines is 2. The normalized spacial score (nSPS) is 20.8. The summed E-state index contributed by atoms with van der Waals surface area (Å²) in [7, 11) is 0. The molecule has 2 atom stereocenters. The first-order valence-corrected chi connectivity index (χ1v) is 8.45. The van der Waals surface area contributed by atoms with Gasteiger partial charge in [-0.15, -0.1) is 0 Å². The zero-order valence-electron chi connectivity index (χ0n) is 14.0. The number of hydrogen-bond acceptors (Lipinski definition) is 3. The van der Waals surface area contributed by atoms with Crippen LogP contribution in [0.15, 0.2) is 18.2 Å². The summed E-state index contributed by atoms with van der Waals surface area (Å²) in [5, 5.41) is 5.77. The van der Waals surface area contributed by atoms with E-state index in [-0.39, 0.29) is 23.8 Å². The van der Waals surface area contributed by atoms with Crippen LogP contribution in [0, 0.1) is 12.8 Å². The van der Waals surface area contributed by atoms with Crippen LogP contribution in [0.1, 0.15) is 51.0 Å². The molecule has 0 spiro atoms. The SMILES string of the molecule is CCC(=O)Nc1ccc(C)c(NC(=O)CC2CCCCC2N)c1. The number of amides is 2. The van der Waals surface area contributed by atoms with Crippen molar-refractivity contribution in [3.63, 3.8) is 0 Å². The molecule has 126 valence electrons. The maximum atomic E-state index is 12.3. The molecule has 2 amide bonds. The van der Waals surface area contributed by atoms with Gasteiger partial charge in [0.15, 0.2) is 0 Å². The van der Waals surface area contributed by atoms with Gasteiger partial charge >= 0.3 is 0 Å². The number of hydrogen-bond donors (Lipinski definition) is 3. The predicted molar refractivity (Wildman–Crippen MR) is 93.3 cm³/mol. The third-order valence-corrected chi connectivity index (χ3v) is 4.53. The van der Waals surface area contributed by atoms with Crippen LogP contribution in [0.25, 0.3) is 0 Å². The van der Waals surface area contributed by atoms with Gasteiger partial charge in [-0.3, -0.25) is 9.59 Å². The van der Waals surface area contributed by atoms with Crippen molar-refractivity contribution in [2.24, 2.45) is 11.7 Å². The van der Waals surface area contributed by atoms with Gasteiger partial charge in [0.05, 0.1) is 0 Å². The molecular formula is C18H27N3O2. The number of rotatable bonds is 5. The van der Waals surface area contributed by atoms with Crippen LogP contribution in [0.5, 0.6) is 0 Å². The van der Waals surface area contributed by atoms with E-state index in [1.54, 1.807) is 6.92 Å². The zero-order valence-corrected chi connectivity index (χ0v) is 14.0. The van der Waals surface area contributed by atoms with Crippen LogP contribution in [0.2, 0.25) is 0 Å². The number of nitrogens with two attached hydrogens (primary N) is 1. The van der Waals surface area contributed by atoms with Crippen LogP contribution in [-0.4, -0.2) is 17.9 Å². The van der Waals surface area contributed by atoms with E-state index in [1.807, 2.05) is 25.1 Å². The maximum absolute atomic E-state index is 12.3. The van der Waals surface area contributed by atoms with Gasteiger partial charge in [0.25, 0.3) is 0 Å². The minimum atomic E-state index is -0.0423. The molecule has 0 radical (unpaired) electrons. The van der Waals surface area contributed by atoms with Gasteiger partial charge < -0.3 is 16.4 Å². The summed E-state index contributed by atoms with van der Waals surface area (Å²) < 4.78 is 0. The molecule has 1 aliphatic carbocycles. The molecule has 0 aliphatic heterocycles. The van der Waals surface area contributed by atoms with Crippen molar-refractivity contribution >= 4 is 23.2 Å². The summed E-state index contributed by atoms with van der Waals surface area (Å²) in [5.74, 6) is 0.223. The van der Waals surface area contributed by atoms with Crippen LogP contribution in [0.3, 0.4) is 0 Å². The summed E-state index contributed by atoms with van der Waals surface area (Å²) in [6, 6.07) is 5.68. The fourth-order valence-corrected chi connectivity index (χ4v) is 3.01. The van der Waals surface area contributed by atoms with Crippen molar-refractivity contribution in [1.82, 2.24) is 0 Å². The Labute approximate surface area is 138 Å². The van der Waals surface area contributed by atoms with E-state index in [0.717, 1.165) is 36.9 Å². The molecule has 5 nitrogen and oxygen atoms in total. The van der Waals surface area contributed by atoms with Gasteiger partial charge in [-0.25, -0.2) is 0 Å². The third-order valence-electron chi connectivity index (χ3n) is 4.53. The van der Waals surface area contributed by atoms with Gasteiger partial charge in [0, 0.05) is 30.3 Å². The highest BCUT2D eigenvalue weighted by Crippen LogP contribution is 2.27. The molecule has 1 aromatic rings. The topological polar surface area (TPSA) is 84.2 Å². The molecule has 23 heavy (non-hydrogen) atoms. The van der Waals surface area contributed by atoms with Gasteiger partial charge in [0.2, 0.25) is 11.8 Å². The Bertz CT molecular complexity index is 571. The van der Waals surface area contributed by atoms with E-state index < -0.39 is 0 Å². The van der Waals surface area contributed by atoms with Crippen molar-refractivity contribution in [2.45, 2.75) is 58.4 Å². The Morgan fingerprint density at radius 3 is 2.61 bits per heavy atom. The second kappa shape index (κ2) is 8.11.